The Labute approximate surface area is 83.4 Å². The van der Waals surface area contributed by atoms with E-state index in [0.717, 1.165) is 0 Å². The van der Waals surface area contributed by atoms with Crippen molar-refractivity contribution in [3.63, 3.8) is 0 Å². The largest absolute Gasteiger partial charge is 0.396 e. The first-order valence-corrected chi connectivity index (χ1v) is 4.69. The predicted octanol–water partition coefficient (Wildman–Crippen LogP) is -0.491. The molecule has 0 heterocycles. The number of hydrogen-bond acceptors (Lipinski definition) is 4. The summed E-state index contributed by atoms with van der Waals surface area (Å²) in [4.78, 5) is 0. The lowest BCUT2D eigenvalue weighted by atomic mass is 9.83. The molecule has 1 aliphatic carbocycles. The van der Waals surface area contributed by atoms with Gasteiger partial charge < -0.3 is 15.3 Å². The summed E-state index contributed by atoms with van der Waals surface area (Å²) in [5.41, 5.74) is 4.54. The van der Waals surface area contributed by atoms with E-state index in [-0.39, 0.29) is 18.9 Å². The molecule has 0 saturated carbocycles. The van der Waals surface area contributed by atoms with Gasteiger partial charge in [0.15, 0.2) is 0 Å². The third-order valence-corrected chi connectivity index (χ3v) is 2.59. The van der Waals surface area contributed by atoms with E-state index in [2.05, 4.69) is 0 Å². The van der Waals surface area contributed by atoms with Gasteiger partial charge in [-0.2, -0.15) is 0 Å². The first-order chi connectivity index (χ1) is 6.50. The van der Waals surface area contributed by atoms with Crippen LogP contribution in [0.15, 0.2) is 23.8 Å². The molecule has 0 spiro atoms. The highest BCUT2D eigenvalue weighted by atomic mass is 16.3. The number of aliphatic hydroxyl groups is 3. The van der Waals surface area contributed by atoms with Crippen molar-refractivity contribution in [1.82, 2.24) is 0 Å². The van der Waals surface area contributed by atoms with Crippen LogP contribution < -0.4 is 5.73 Å². The summed E-state index contributed by atoms with van der Waals surface area (Å²) >= 11 is 0. The van der Waals surface area contributed by atoms with Gasteiger partial charge in [-0.25, -0.2) is 0 Å². The Morgan fingerprint density at radius 2 is 2.29 bits per heavy atom. The molecule has 80 valence electrons. The zero-order chi connectivity index (χ0) is 10.8. The van der Waals surface area contributed by atoms with Gasteiger partial charge in [0.1, 0.15) is 5.72 Å². The molecule has 3 atom stereocenters. The summed E-state index contributed by atoms with van der Waals surface area (Å²) in [6.07, 6.45) is 4.42. The quantitative estimate of drug-likeness (QED) is 0.462. The molecule has 5 N–H and O–H groups in total. The number of aliphatic hydroxyl groups excluding tert-OH is 2. The molecule has 0 aromatic rings. The standard InChI is InChI=1S/C10H17NO3/c1-7-3-2-4-8(10(7,11)14)9(13)5-6-12/h2-4,7,9,12-14H,5-6,11H2,1H3. The fraction of sp³-hybridized carbons (Fsp3) is 0.600. The van der Waals surface area contributed by atoms with Crippen LogP contribution in [0.5, 0.6) is 0 Å². The number of hydrogen-bond donors (Lipinski definition) is 4. The van der Waals surface area contributed by atoms with Gasteiger partial charge in [0, 0.05) is 24.5 Å². The SMILES string of the molecule is CC1C=CC=C(C(O)CCO)C1(N)O. The summed E-state index contributed by atoms with van der Waals surface area (Å²) in [6, 6.07) is 0. The molecule has 0 radical (unpaired) electrons. The van der Waals surface area contributed by atoms with Crippen molar-refractivity contribution in [2.75, 3.05) is 6.61 Å². The van der Waals surface area contributed by atoms with Gasteiger partial charge in [-0.1, -0.05) is 25.2 Å². The molecule has 14 heavy (non-hydrogen) atoms. The second-order valence-electron chi connectivity index (χ2n) is 3.65. The lowest BCUT2D eigenvalue weighted by molar-refractivity contribution is 0.0175. The fourth-order valence-corrected chi connectivity index (χ4v) is 1.52. The van der Waals surface area contributed by atoms with Crippen LogP contribution in [0.3, 0.4) is 0 Å². The van der Waals surface area contributed by atoms with E-state index >= 15 is 0 Å². The molecule has 0 amide bonds. The topological polar surface area (TPSA) is 86.7 Å². The summed E-state index contributed by atoms with van der Waals surface area (Å²) in [5, 5.41) is 28.2. The Morgan fingerprint density at radius 3 is 2.86 bits per heavy atom. The minimum atomic E-state index is -1.51. The van der Waals surface area contributed by atoms with Crippen molar-refractivity contribution >= 4 is 0 Å². The van der Waals surface area contributed by atoms with Gasteiger partial charge in [0.25, 0.3) is 0 Å². The molecule has 3 unspecified atom stereocenters. The molecule has 4 nitrogen and oxygen atoms in total. The summed E-state index contributed by atoms with van der Waals surface area (Å²) in [7, 11) is 0. The number of nitrogens with two attached hydrogens (primary N) is 1. The van der Waals surface area contributed by atoms with Crippen molar-refractivity contribution in [2.45, 2.75) is 25.2 Å². The van der Waals surface area contributed by atoms with Crippen molar-refractivity contribution in [1.29, 1.82) is 0 Å². The molecular formula is C10H17NO3. The first kappa shape index (κ1) is 11.4. The predicted molar refractivity (Wildman–Crippen MR) is 53.2 cm³/mol. The van der Waals surface area contributed by atoms with Crippen molar-refractivity contribution in [3.8, 4) is 0 Å². The van der Waals surface area contributed by atoms with E-state index in [4.69, 9.17) is 10.8 Å². The van der Waals surface area contributed by atoms with Gasteiger partial charge >= 0.3 is 0 Å². The second-order valence-corrected chi connectivity index (χ2v) is 3.65. The Morgan fingerprint density at radius 1 is 1.64 bits per heavy atom. The van der Waals surface area contributed by atoms with Crippen LogP contribution in [0.1, 0.15) is 13.3 Å². The van der Waals surface area contributed by atoms with Crippen LogP contribution in [-0.2, 0) is 0 Å². The van der Waals surface area contributed by atoms with Crippen molar-refractivity contribution in [3.05, 3.63) is 23.8 Å². The van der Waals surface area contributed by atoms with Crippen LogP contribution in [0, 0.1) is 5.92 Å². The Kier molecular flexibility index (Phi) is 3.44. The van der Waals surface area contributed by atoms with Gasteiger partial charge in [-0.3, -0.25) is 5.73 Å². The molecule has 0 aromatic carbocycles. The molecule has 1 rings (SSSR count). The zero-order valence-electron chi connectivity index (χ0n) is 8.22. The molecule has 0 aliphatic heterocycles. The fourth-order valence-electron chi connectivity index (χ4n) is 1.52. The molecule has 0 bridgehead atoms. The molecule has 0 saturated heterocycles. The lowest BCUT2D eigenvalue weighted by Crippen LogP contribution is -2.51. The van der Waals surface area contributed by atoms with Crippen LogP contribution in [0.2, 0.25) is 0 Å². The minimum absolute atomic E-state index is 0.132. The molecule has 1 aliphatic rings. The highest BCUT2D eigenvalue weighted by Crippen LogP contribution is 2.29. The van der Waals surface area contributed by atoms with Gasteiger partial charge in [0.2, 0.25) is 0 Å². The summed E-state index contributed by atoms with van der Waals surface area (Å²) in [5.74, 6) is -0.240. The van der Waals surface area contributed by atoms with Crippen LogP contribution in [0.25, 0.3) is 0 Å². The molecule has 0 fully saturated rings. The molecule has 0 aromatic heterocycles. The monoisotopic (exact) mass is 199 g/mol. The van der Waals surface area contributed by atoms with Crippen LogP contribution in [0.4, 0.5) is 0 Å². The Balaban J connectivity index is 2.85. The maximum Gasteiger partial charge on any atom is 0.144 e. The van der Waals surface area contributed by atoms with E-state index in [9.17, 15) is 10.2 Å². The minimum Gasteiger partial charge on any atom is -0.396 e. The lowest BCUT2D eigenvalue weighted by Gasteiger charge is -2.35. The van der Waals surface area contributed by atoms with Crippen molar-refractivity contribution < 1.29 is 15.3 Å². The van der Waals surface area contributed by atoms with E-state index in [1.54, 1.807) is 25.2 Å². The number of rotatable bonds is 3. The second kappa shape index (κ2) is 4.23. The average molecular weight is 199 g/mol. The highest BCUT2D eigenvalue weighted by molar-refractivity contribution is 5.31. The third-order valence-electron chi connectivity index (χ3n) is 2.59. The molecule has 4 heteroatoms. The van der Waals surface area contributed by atoms with Crippen LogP contribution >= 0.6 is 0 Å². The zero-order valence-corrected chi connectivity index (χ0v) is 8.22. The van der Waals surface area contributed by atoms with E-state index in [1.165, 1.54) is 0 Å². The van der Waals surface area contributed by atoms with Crippen LogP contribution in [-0.4, -0.2) is 33.8 Å². The van der Waals surface area contributed by atoms with E-state index < -0.39 is 11.8 Å². The smallest absolute Gasteiger partial charge is 0.144 e. The van der Waals surface area contributed by atoms with Gasteiger partial charge in [-0.05, 0) is 0 Å². The van der Waals surface area contributed by atoms with Crippen molar-refractivity contribution in [2.24, 2.45) is 11.7 Å². The summed E-state index contributed by atoms with van der Waals surface area (Å²) in [6.45, 7) is 1.64. The van der Waals surface area contributed by atoms with E-state index in [0.29, 0.717) is 5.57 Å². The van der Waals surface area contributed by atoms with E-state index in [1.807, 2.05) is 0 Å². The first-order valence-electron chi connectivity index (χ1n) is 4.69. The Bertz CT molecular complexity index is 258. The van der Waals surface area contributed by atoms with Gasteiger partial charge in [-0.15, -0.1) is 0 Å². The third kappa shape index (κ3) is 2.04. The normalized spacial score (nSPS) is 34.1. The number of allylic oxidation sites excluding steroid dienone is 2. The Hall–Kier alpha value is -0.680. The maximum absolute atomic E-state index is 9.92. The maximum atomic E-state index is 9.92. The molecular weight excluding hydrogens is 182 g/mol. The summed E-state index contributed by atoms with van der Waals surface area (Å²) < 4.78 is 0. The van der Waals surface area contributed by atoms with Gasteiger partial charge in [0.05, 0.1) is 6.10 Å². The highest BCUT2D eigenvalue weighted by Gasteiger charge is 2.36. The average Bonchev–Trinajstić information content (AvgIpc) is 2.10.